The lowest BCUT2D eigenvalue weighted by molar-refractivity contribution is -0.129. The van der Waals surface area contributed by atoms with Crippen molar-refractivity contribution in [2.24, 2.45) is 5.92 Å². The van der Waals surface area contributed by atoms with Crippen LogP contribution < -0.4 is 0 Å². The van der Waals surface area contributed by atoms with Crippen LogP contribution in [0, 0.1) is 5.92 Å². The predicted molar refractivity (Wildman–Crippen MR) is 78.3 cm³/mol. The third-order valence-corrected chi connectivity index (χ3v) is 4.10. The third-order valence-electron chi connectivity index (χ3n) is 3.45. The van der Waals surface area contributed by atoms with Crippen LogP contribution in [0.25, 0.3) is 0 Å². The number of amides is 1. The molecule has 0 spiro atoms. The van der Waals surface area contributed by atoms with Gasteiger partial charge < -0.3 is 4.90 Å². The molecular weight excluding hydrogens is 325 g/mol. The topological polar surface area (TPSA) is 20.3 Å². The molecule has 0 atom stereocenters. The lowest BCUT2D eigenvalue weighted by atomic mass is 9.90. The average molecular weight is 343 g/mol. The zero-order chi connectivity index (χ0) is 12.1. The van der Waals surface area contributed by atoms with Crippen LogP contribution >= 0.6 is 22.6 Å². The molecule has 1 fully saturated rings. The Labute approximate surface area is 117 Å². The van der Waals surface area contributed by atoms with Gasteiger partial charge in [-0.25, -0.2) is 0 Å². The molecule has 0 N–H and O–H groups in total. The summed E-state index contributed by atoms with van der Waals surface area (Å²) in [6.07, 6.45) is 3.46. The number of carbonyl (C=O) groups is 1. The van der Waals surface area contributed by atoms with Crippen molar-refractivity contribution < 1.29 is 4.79 Å². The van der Waals surface area contributed by atoms with Gasteiger partial charge in [0.05, 0.1) is 4.43 Å². The van der Waals surface area contributed by atoms with Crippen LogP contribution in [0.3, 0.4) is 0 Å². The Morgan fingerprint density at radius 3 is 2.47 bits per heavy atom. The van der Waals surface area contributed by atoms with Crippen LogP contribution in [-0.4, -0.2) is 28.3 Å². The maximum Gasteiger partial charge on any atom is 0.232 e. The Bertz CT molecular complexity index is 358. The molecule has 2 nitrogen and oxygen atoms in total. The Hall–Kier alpha value is -0.580. The largest absolute Gasteiger partial charge is 0.342 e. The summed E-state index contributed by atoms with van der Waals surface area (Å²) in [4.78, 5) is 13.6. The van der Waals surface area contributed by atoms with Crippen LogP contribution in [0.5, 0.6) is 0 Å². The molecule has 0 unspecified atom stereocenters. The molecule has 17 heavy (non-hydrogen) atoms. The van der Waals surface area contributed by atoms with Crippen molar-refractivity contribution in [2.45, 2.75) is 19.3 Å². The summed E-state index contributed by atoms with van der Waals surface area (Å²) in [7, 11) is 0. The Kier molecular flexibility index (Phi) is 4.83. The van der Waals surface area contributed by atoms with E-state index in [-0.39, 0.29) is 0 Å². The fourth-order valence-corrected chi connectivity index (χ4v) is 2.90. The number of carbonyl (C=O) groups excluding carboxylic acids is 1. The van der Waals surface area contributed by atoms with Crippen LogP contribution in [0.4, 0.5) is 0 Å². The number of hydrogen-bond donors (Lipinski definition) is 0. The maximum atomic E-state index is 11.6. The summed E-state index contributed by atoms with van der Waals surface area (Å²) < 4.78 is 0.612. The van der Waals surface area contributed by atoms with Crippen molar-refractivity contribution in [1.82, 2.24) is 4.90 Å². The van der Waals surface area contributed by atoms with Crippen LogP contribution in [0.15, 0.2) is 30.3 Å². The molecule has 0 radical (unpaired) electrons. The first-order chi connectivity index (χ1) is 8.29. The van der Waals surface area contributed by atoms with Gasteiger partial charge in [-0.2, -0.15) is 0 Å². The molecule has 0 aliphatic carbocycles. The van der Waals surface area contributed by atoms with Gasteiger partial charge >= 0.3 is 0 Å². The molecule has 92 valence electrons. The molecule has 1 heterocycles. The monoisotopic (exact) mass is 343 g/mol. The van der Waals surface area contributed by atoms with E-state index in [0.717, 1.165) is 38.3 Å². The standard InChI is InChI=1S/C14H18INO/c15-11-14(17)16-8-6-13(7-9-16)10-12-4-2-1-3-5-12/h1-5,13H,6-11H2. The first kappa shape index (κ1) is 12.9. The van der Waals surface area contributed by atoms with Gasteiger partial charge in [-0.1, -0.05) is 52.9 Å². The molecule has 2 rings (SSSR count). The van der Waals surface area contributed by atoms with Gasteiger partial charge in [0, 0.05) is 13.1 Å². The second-order valence-electron chi connectivity index (χ2n) is 4.65. The van der Waals surface area contributed by atoms with Crippen molar-refractivity contribution >= 4 is 28.5 Å². The van der Waals surface area contributed by atoms with Crippen molar-refractivity contribution in [2.75, 3.05) is 17.5 Å². The lowest BCUT2D eigenvalue weighted by Gasteiger charge is -2.31. The fraction of sp³-hybridized carbons (Fsp3) is 0.500. The van der Waals surface area contributed by atoms with E-state index >= 15 is 0 Å². The first-order valence-electron chi connectivity index (χ1n) is 6.17. The van der Waals surface area contributed by atoms with Gasteiger partial charge in [-0.15, -0.1) is 0 Å². The summed E-state index contributed by atoms with van der Waals surface area (Å²) in [6, 6.07) is 10.7. The smallest absolute Gasteiger partial charge is 0.232 e. The van der Waals surface area contributed by atoms with E-state index in [0.29, 0.717) is 10.3 Å². The van der Waals surface area contributed by atoms with E-state index in [4.69, 9.17) is 0 Å². The maximum absolute atomic E-state index is 11.6. The highest BCUT2D eigenvalue weighted by Gasteiger charge is 2.21. The zero-order valence-electron chi connectivity index (χ0n) is 9.94. The summed E-state index contributed by atoms with van der Waals surface area (Å²) in [5, 5.41) is 0. The Balaban J connectivity index is 1.82. The molecule has 0 aromatic heterocycles. The van der Waals surface area contributed by atoms with Crippen molar-refractivity contribution in [3.8, 4) is 0 Å². The number of alkyl halides is 1. The molecular formula is C14H18INO. The van der Waals surface area contributed by atoms with Gasteiger partial charge in [-0.05, 0) is 30.7 Å². The number of hydrogen-bond acceptors (Lipinski definition) is 1. The highest BCUT2D eigenvalue weighted by molar-refractivity contribution is 14.1. The quantitative estimate of drug-likeness (QED) is 0.611. The molecule has 0 saturated carbocycles. The van der Waals surface area contributed by atoms with Crippen molar-refractivity contribution in [3.63, 3.8) is 0 Å². The minimum Gasteiger partial charge on any atom is -0.342 e. The number of nitrogens with zero attached hydrogens (tertiary/aromatic N) is 1. The van der Waals surface area contributed by atoms with Gasteiger partial charge in [0.15, 0.2) is 0 Å². The van der Waals surface area contributed by atoms with E-state index < -0.39 is 0 Å². The first-order valence-corrected chi connectivity index (χ1v) is 7.70. The number of benzene rings is 1. The molecule has 1 amide bonds. The normalized spacial score (nSPS) is 17.1. The molecule has 1 aromatic rings. The molecule has 1 aliphatic rings. The molecule has 1 aromatic carbocycles. The summed E-state index contributed by atoms with van der Waals surface area (Å²) in [5.41, 5.74) is 1.42. The summed E-state index contributed by atoms with van der Waals surface area (Å²) in [6.45, 7) is 1.89. The van der Waals surface area contributed by atoms with Gasteiger partial charge in [-0.3, -0.25) is 4.79 Å². The molecule has 1 aliphatic heterocycles. The van der Waals surface area contributed by atoms with E-state index in [1.807, 2.05) is 4.90 Å². The summed E-state index contributed by atoms with van der Waals surface area (Å²) >= 11 is 2.15. The second kappa shape index (κ2) is 6.38. The average Bonchev–Trinajstić information content (AvgIpc) is 2.40. The fourth-order valence-electron chi connectivity index (χ4n) is 2.42. The number of likely N-dealkylation sites (tertiary alicyclic amines) is 1. The Morgan fingerprint density at radius 2 is 1.88 bits per heavy atom. The number of halogens is 1. The van der Waals surface area contributed by atoms with Crippen LogP contribution in [0.2, 0.25) is 0 Å². The van der Waals surface area contributed by atoms with Crippen molar-refractivity contribution in [1.29, 1.82) is 0 Å². The second-order valence-corrected chi connectivity index (χ2v) is 5.41. The molecule has 0 bridgehead atoms. The molecule has 3 heteroatoms. The minimum atomic E-state index is 0.295. The van der Waals surface area contributed by atoms with E-state index in [2.05, 4.69) is 52.9 Å². The predicted octanol–water partition coefficient (Wildman–Crippen LogP) is 2.90. The van der Waals surface area contributed by atoms with E-state index in [9.17, 15) is 4.79 Å². The molecule has 1 saturated heterocycles. The third kappa shape index (κ3) is 3.69. The SMILES string of the molecule is O=C(CI)N1CCC(Cc2ccccc2)CC1. The highest BCUT2D eigenvalue weighted by atomic mass is 127. The lowest BCUT2D eigenvalue weighted by Crippen LogP contribution is -2.39. The van der Waals surface area contributed by atoms with Crippen LogP contribution in [-0.2, 0) is 11.2 Å². The van der Waals surface area contributed by atoms with Gasteiger partial charge in [0.25, 0.3) is 0 Å². The Morgan fingerprint density at radius 1 is 1.24 bits per heavy atom. The van der Waals surface area contributed by atoms with Crippen molar-refractivity contribution in [3.05, 3.63) is 35.9 Å². The van der Waals surface area contributed by atoms with E-state index in [1.54, 1.807) is 0 Å². The van der Waals surface area contributed by atoms with Gasteiger partial charge in [0.2, 0.25) is 5.91 Å². The summed E-state index contributed by atoms with van der Waals surface area (Å²) in [5.74, 6) is 1.04. The zero-order valence-corrected chi connectivity index (χ0v) is 12.1. The van der Waals surface area contributed by atoms with E-state index in [1.165, 1.54) is 5.56 Å². The number of piperidine rings is 1. The highest BCUT2D eigenvalue weighted by Crippen LogP contribution is 2.21. The minimum absolute atomic E-state index is 0.295. The number of rotatable bonds is 3. The van der Waals surface area contributed by atoms with Gasteiger partial charge in [0.1, 0.15) is 0 Å². The van der Waals surface area contributed by atoms with Crippen LogP contribution in [0.1, 0.15) is 18.4 Å².